The van der Waals surface area contributed by atoms with Crippen LogP contribution >= 0.6 is 0 Å². The second-order valence-electron chi connectivity index (χ2n) is 9.03. The van der Waals surface area contributed by atoms with Crippen LogP contribution in [0.15, 0.2) is 48.5 Å². The lowest BCUT2D eigenvalue weighted by Crippen LogP contribution is -2.44. The van der Waals surface area contributed by atoms with Crippen LogP contribution in [-0.2, 0) is 17.8 Å². The average Bonchev–Trinajstić information content (AvgIpc) is 2.96. The van der Waals surface area contributed by atoms with Crippen molar-refractivity contribution in [3.63, 3.8) is 0 Å². The molecule has 0 aliphatic carbocycles. The summed E-state index contributed by atoms with van der Waals surface area (Å²) in [4.78, 5) is 20.3. The Morgan fingerprint density at radius 3 is 2.55 bits per heavy atom. The third kappa shape index (κ3) is 4.63. The van der Waals surface area contributed by atoms with Crippen LogP contribution in [-0.4, -0.2) is 67.6 Å². The fourth-order valence-electron chi connectivity index (χ4n) is 5.21. The number of anilines is 1. The smallest absolute Gasteiger partial charge is 0.256 e. The van der Waals surface area contributed by atoms with Crippen LogP contribution in [0.4, 0.5) is 5.69 Å². The minimum absolute atomic E-state index is 0.210. The first-order chi connectivity index (χ1) is 15.3. The molecule has 3 aliphatic rings. The molecule has 0 N–H and O–H groups in total. The van der Waals surface area contributed by atoms with Crippen LogP contribution in [0, 0.1) is 0 Å². The highest BCUT2D eigenvalue weighted by Crippen LogP contribution is 2.33. The van der Waals surface area contributed by atoms with Gasteiger partial charge in [-0.25, -0.2) is 0 Å². The van der Waals surface area contributed by atoms with E-state index in [1.54, 1.807) is 0 Å². The summed E-state index contributed by atoms with van der Waals surface area (Å²) < 4.78 is 6.13. The fraction of sp³-hybridized carbons (Fsp3) is 0.500. The Morgan fingerprint density at radius 2 is 1.71 bits per heavy atom. The summed E-state index contributed by atoms with van der Waals surface area (Å²) in [7, 11) is 0. The molecule has 0 radical (unpaired) electrons. The van der Waals surface area contributed by atoms with Crippen molar-refractivity contribution in [2.45, 2.75) is 38.4 Å². The molecular weight excluding hydrogens is 386 g/mol. The molecule has 5 nitrogen and oxygen atoms in total. The molecule has 1 fully saturated rings. The zero-order chi connectivity index (χ0) is 21.0. The van der Waals surface area contributed by atoms with Gasteiger partial charge in [0.05, 0.1) is 24.0 Å². The molecule has 1 saturated heterocycles. The molecule has 2 aromatic carbocycles. The van der Waals surface area contributed by atoms with Crippen LogP contribution in [0.1, 0.15) is 40.7 Å². The number of carbonyl (C=O) groups is 1. The number of amides is 1. The number of para-hydroxylation sites is 1. The van der Waals surface area contributed by atoms with Crippen molar-refractivity contribution in [1.29, 1.82) is 0 Å². The first kappa shape index (κ1) is 20.5. The molecule has 1 amide bonds. The molecule has 0 saturated carbocycles. The minimum atomic E-state index is 0.210. The average molecular weight is 420 g/mol. The molecule has 0 spiro atoms. The SMILES string of the molecule is O=C1c2cccc3c2N(CCC3)CCN1CCN1CCC(OCc2ccccc2)CC1. The van der Waals surface area contributed by atoms with E-state index in [2.05, 4.69) is 51.1 Å². The lowest BCUT2D eigenvalue weighted by molar-refractivity contribution is -0.00362. The molecule has 31 heavy (non-hydrogen) atoms. The van der Waals surface area contributed by atoms with E-state index in [0.717, 1.165) is 70.6 Å². The Kier molecular flexibility index (Phi) is 6.23. The van der Waals surface area contributed by atoms with Crippen molar-refractivity contribution < 1.29 is 9.53 Å². The topological polar surface area (TPSA) is 36.0 Å². The van der Waals surface area contributed by atoms with Crippen molar-refractivity contribution in [3.8, 4) is 0 Å². The Hall–Kier alpha value is -2.37. The Labute approximate surface area is 185 Å². The van der Waals surface area contributed by atoms with E-state index in [0.29, 0.717) is 12.7 Å². The number of aryl methyl sites for hydroxylation is 1. The maximum atomic E-state index is 13.3. The highest BCUT2D eigenvalue weighted by atomic mass is 16.5. The molecule has 5 rings (SSSR count). The summed E-state index contributed by atoms with van der Waals surface area (Å²) in [6.45, 7) is 7.41. The number of rotatable bonds is 6. The van der Waals surface area contributed by atoms with E-state index in [1.807, 2.05) is 12.1 Å². The zero-order valence-corrected chi connectivity index (χ0v) is 18.3. The number of ether oxygens (including phenoxy) is 1. The van der Waals surface area contributed by atoms with Crippen LogP contribution in [0.3, 0.4) is 0 Å². The number of hydrogen-bond acceptors (Lipinski definition) is 4. The quantitative estimate of drug-likeness (QED) is 0.717. The lowest BCUT2D eigenvalue weighted by Gasteiger charge is -2.33. The van der Waals surface area contributed by atoms with Gasteiger partial charge in [0.25, 0.3) is 5.91 Å². The molecule has 0 aromatic heterocycles. The van der Waals surface area contributed by atoms with Gasteiger partial charge in [0, 0.05) is 45.8 Å². The van der Waals surface area contributed by atoms with Crippen LogP contribution in [0.25, 0.3) is 0 Å². The summed E-state index contributed by atoms with van der Waals surface area (Å²) in [5.74, 6) is 0.210. The number of piperidine rings is 1. The van der Waals surface area contributed by atoms with Gasteiger partial charge in [-0.15, -0.1) is 0 Å². The summed E-state index contributed by atoms with van der Waals surface area (Å²) >= 11 is 0. The maximum absolute atomic E-state index is 13.3. The van der Waals surface area contributed by atoms with E-state index in [4.69, 9.17) is 4.74 Å². The van der Waals surface area contributed by atoms with Gasteiger partial charge in [0.15, 0.2) is 0 Å². The number of hydrogen-bond donors (Lipinski definition) is 0. The van der Waals surface area contributed by atoms with Crippen molar-refractivity contribution in [1.82, 2.24) is 9.80 Å². The van der Waals surface area contributed by atoms with Gasteiger partial charge in [-0.1, -0.05) is 42.5 Å². The van der Waals surface area contributed by atoms with Gasteiger partial charge in [-0.2, -0.15) is 0 Å². The van der Waals surface area contributed by atoms with Crippen molar-refractivity contribution in [2.75, 3.05) is 50.7 Å². The first-order valence-electron chi connectivity index (χ1n) is 11.8. The van der Waals surface area contributed by atoms with E-state index in [9.17, 15) is 4.79 Å². The summed E-state index contributed by atoms with van der Waals surface area (Å²) in [6.07, 6.45) is 4.76. The predicted octanol–water partition coefficient (Wildman–Crippen LogP) is 3.58. The number of benzene rings is 2. The molecule has 0 unspecified atom stereocenters. The summed E-state index contributed by atoms with van der Waals surface area (Å²) in [5.41, 5.74) is 4.70. The van der Waals surface area contributed by atoms with E-state index < -0.39 is 0 Å². The predicted molar refractivity (Wildman–Crippen MR) is 124 cm³/mol. The molecule has 164 valence electrons. The van der Waals surface area contributed by atoms with Crippen LogP contribution < -0.4 is 4.90 Å². The largest absolute Gasteiger partial charge is 0.373 e. The van der Waals surface area contributed by atoms with Gasteiger partial charge in [0.2, 0.25) is 0 Å². The zero-order valence-electron chi connectivity index (χ0n) is 18.3. The maximum Gasteiger partial charge on any atom is 0.256 e. The minimum Gasteiger partial charge on any atom is -0.373 e. The fourth-order valence-corrected chi connectivity index (χ4v) is 5.21. The number of likely N-dealkylation sites (tertiary alicyclic amines) is 1. The van der Waals surface area contributed by atoms with Gasteiger partial charge < -0.3 is 19.4 Å². The number of carbonyl (C=O) groups excluding carboxylic acids is 1. The van der Waals surface area contributed by atoms with Crippen LogP contribution in [0.5, 0.6) is 0 Å². The van der Waals surface area contributed by atoms with Crippen LogP contribution in [0.2, 0.25) is 0 Å². The third-order valence-corrected chi connectivity index (χ3v) is 7.02. The van der Waals surface area contributed by atoms with E-state index in [-0.39, 0.29) is 5.91 Å². The lowest BCUT2D eigenvalue weighted by atomic mass is 9.97. The van der Waals surface area contributed by atoms with Crippen molar-refractivity contribution in [2.24, 2.45) is 0 Å². The monoisotopic (exact) mass is 419 g/mol. The molecule has 5 heteroatoms. The molecule has 0 bridgehead atoms. The molecule has 3 aliphatic heterocycles. The molecular formula is C26H33N3O2. The first-order valence-corrected chi connectivity index (χ1v) is 11.8. The number of nitrogens with zero attached hydrogens (tertiary/aromatic N) is 3. The van der Waals surface area contributed by atoms with Crippen molar-refractivity contribution in [3.05, 3.63) is 65.2 Å². The Bertz CT molecular complexity index is 893. The van der Waals surface area contributed by atoms with Crippen molar-refractivity contribution >= 4 is 11.6 Å². The highest BCUT2D eigenvalue weighted by Gasteiger charge is 2.30. The standard InChI is InChI=1S/C26H33N3O2/c30-26-24-10-4-8-22-9-5-13-28(25(22)24)18-19-29(26)17-16-27-14-11-23(12-15-27)31-20-21-6-2-1-3-7-21/h1-4,6-8,10,23H,5,9,11-20H2. The molecule has 0 atom stereocenters. The molecule has 2 aromatic rings. The summed E-state index contributed by atoms with van der Waals surface area (Å²) in [6, 6.07) is 16.7. The Morgan fingerprint density at radius 1 is 0.871 bits per heavy atom. The second-order valence-corrected chi connectivity index (χ2v) is 9.03. The van der Waals surface area contributed by atoms with E-state index in [1.165, 1.54) is 23.2 Å². The van der Waals surface area contributed by atoms with Gasteiger partial charge in [-0.3, -0.25) is 4.79 Å². The van der Waals surface area contributed by atoms with E-state index >= 15 is 0 Å². The molecule has 3 heterocycles. The Balaban J connectivity index is 1.12. The van der Waals surface area contributed by atoms with Gasteiger partial charge in [0.1, 0.15) is 0 Å². The van der Waals surface area contributed by atoms with Gasteiger partial charge in [-0.05, 0) is 42.9 Å². The third-order valence-electron chi connectivity index (χ3n) is 7.02. The summed E-state index contributed by atoms with van der Waals surface area (Å²) in [5, 5.41) is 0. The second kappa shape index (κ2) is 9.41. The van der Waals surface area contributed by atoms with Gasteiger partial charge >= 0.3 is 0 Å². The highest BCUT2D eigenvalue weighted by molar-refractivity contribution is 6.01. The normalized spacial score (nSPS) is 19.9.